The fourth-order valence-electron chi connectivity index (χ4n) is 4.91. The van der Waals surface area contributed by atoms with E-state index in [9.17, 15) is 18.4 Å². The van der Waals surface area contributed by atoms with E-state index >= 15 is 0 Å². The number of rotatable bonds is 8. The number of ether oxygens (including phenoxy) is 1. The predicted octanol–water partition coefficient (Wildman–Crippen LogP) is 2.27. The van der Waals surface area contributed by atoms with Gasteiger partial charge in [-0.05, 0) is 43.7 Å². The van der Waals surface area contributed by atoms with Crippen molar-refractivity contribution in [1.29, 1.82) is 0 Å². The van der Waals surface area contributed by atoms with Crippen molar-refractivity contribution in [2.24, 2.45) is 7.05 Å². The Hall–Kier alpha value is -2.39. The Labute approximate surface area is 185 Å². The van der Waals surface area contributed by atoms with E-state index in [4.69, 9.17) is 4.74 Å². The number of aromatic nitrogens is 3. The molecule has 9 heteroatoms. The van der Waals surface area contributed by atoms with Gasteiger partial charge in [-0.1, -0.05) is 24.3 Å². The average Bonchev–Trinajstić information content (AvgIpc) is 3.01. The fraction of sp³-hybridized carbons (Fsp3) is 0.609. The van der Waals surface area contributed by atoms with Crippen molar-refractivity contribution >= 4 is 0 Å². The number of nitrogens with zero attached hydrogens (tertiary/aromatic N) is 4. The second kappa shape index (κ2) is 9.62. The summed E-state index contributed by atoms with van der Waals surface area (Å²) >= 11 is 0. The highest BCUT2D eigenvalue weighted by molar-refractivity contribution is 5.21. The molecule has 0 amide bonds. The van der Waals surface area contributed by atoms with Crippen LogP contribution in [0.25, 0.3) is 0 Å². The first-order valence-corrected chi connectivity index (χ1v) is 11.2. The zero-order chi connectivity index (χ0) is 22.8. The van der Waals surface area contributed by atoms with E-state index in [1.54, 1.807) is 19.1 Å². The van der Waals surface area contributed by atoms with Crippen molar-refractivity contribution in [3.05, 3.63) is 62.2 Å². The molecule has 2 fully saturated rings. The Bertz CT molecular complexity index is 1040. The van der Waals surface area contributed by atoms with Crippen LogP contribution in [0.5, 0.6) is 0 Å². The quantitative estimate of drug-likeness (QED) is 0.620. The summed E-state index contributed by atoms with van der Waals surface area (Å²) in [7, 11) is 1.52. The number of aryl methyl sites for hydroxylation is 1. The van der Waals surface area contributed by atoms with Crippen molar-refractivity contribution in [2.75, 3.05) is 6.54 Å². The van der Waals surface area contributed by atoms with E-state index in [0.29, 0.717) is 18.0 Å². The Morgan fingerprint density at radius 3 is 2.34 bits per heavy atom. The number of piperidine rings is 1. The monoisotopic (exact) mass is 448 g/mol. The molecule has 0 N–H and O–H groups in total. The lowest BCUT2D eigenvalue weighted by molar-refractivity contribution is -0.0341. The lowest BCUT2D eigenvalue weighted by Crippen LogP contribution is -2.50. The SMILES string of the molecule is Cc1nc(=O)n(C[C@H](F)CN2C3CCC2CC(OCc2ccc(CF)cc2)C3)c(=O)n1C. The first-order chi connectivity index (χ1) is 15.4. The molecule has 0 spiro atoms. The Balaban J connectivity index is 1.32. The van der Waals surface area contributed by atoms with Gasteiger partial charge in [0.2, 0.25) is 0 Å². The molecule has 4 rings (SSSR count). The van der Waals surface area contributed by atoms with Gasteiger partial charge in [-0.2, -0.15) is 4.98 Å². The molecule has 2 aromatic rings. The summed E-state index contributed by atoms with van der Waals surface area (Å²) in [5.74, 6) is 0.310. The highest BCUT2D eigenvalue weighted by Gasteiger charge is 2.41. The van der Waals surface area contributed by atoms with Gasteiger partial charge in [0.25, 0.3) is 0 Å². The van der Waals surface area contributed by atoms with Crippen LogP contribution in [0.3, 0.4) is 0 Å². The number of benzene rings is 1. The molecular formula is C23H30F2N4O3. The number of halogens is 2. The molecule has 2 aliphatic rings. The van der Waals surface area contributed by atoms with Crippen LogP contribution in [-0.4, -0.2) is 49.9 Å². The van der Waals surface area contributed by atoms with E-state index in [2.05, 4.69) is 9.88 Å². The van der Waals surface area contributed by atoms with E-state index < -0.39 is 24.2 Å². The van der Waals surface area contributed by atoms with Gasteiger partial charge in [0.05, 0.1) is 19.3 Å². The highest BCUT2D eigenvalue weighted by atomic mass is 19.1. The van der Waals surface area contributed by atoms with E-state index in [1.165, 1.54) is 11.6 Å². The third-order valence-corrected chi connectivity index (χ3v) is 6.79. The molecule has 1 aromatic carbocycles. The molecule has 32 heavy (non-hydrogen) atoms. The third kappa shape index (κ3) is 4.83. The van der Waals surface area contributed by atoms with Gasteiger partial charge in [-0.25, -0.2) is 22.9 Å². The molecule has 2 saturated heterocycles. The summed E-state index contributed by atoms with van der Waals surface area (Å²) in [6, 6.07) is 7.79. The van der Waals surface area contributed by atoms with Gasteiger partial charge in [0.15, 0.2) is 0 Å². The first kappa shape index (κ1) is 22.8. The summed E-state index contributed by atoms with van der Waals surface area (Å²) in [6.07, 6.45) is 2.43. The van der Waals surface area contributed by atoms with Crippen molar-refractivity contribution in [1.82, 2.24) is 19.0 Å². The maximum Gasteiger partial charge on any atom is 0.353 e. The summed E-state index contributed by atoms with van der Waals surface area (Å²) < 4.78 is 35.8. The Kier molecular flexibility index (Phi) is 6.85. The normalized spacial score (nSPS) is 24.1. The van der Waals surface area contributed by atoms with Gasteiger partial charge < -0.3 is 4.74 Å². The van der Waals surface area contributed by atoms with Crippen LogP contribution in [0.15, 0.2) is 33.9 Å². The minimum atomic E-state index is -1.33. The molecule has 3 atom stereocenters. The van der Waals surface area contributed by atoms with E-state index in [0.717, 1.165) is 35.8 Å². The zero-order valence-corrected chi connectivity index (χ0v) is 18.5. The summed E-state index contributed by atoms with van der Waals surface area (Å²) in [4.78, 5) is 30.4. The van der Waals surface area contributed by atoms with Crippen LogP contribution in [-0.2, 0) is 31.6 Å². The van der Waals surface area contributed by atoms with Gasteiger partial charge >= 0.3 is 11.4 Å². The second-order valence-electron chi connectivity index (χ2n) is 8.93. The zero-order valence-electron chi connectivity index (χ0n) is 18.5. The van der Waals surface area contributed by atoms with Crippen LogP contribution >= 0.6 is 0 Å². The van der Waals surface area contributed by atoms with Crippen LogP contribution < -0.4 is 11.4 Å². The number of hydrogen-bond donors (Lipinski definition) is 0. The summed E-state index contributed by atoms with van der Waals surface area (Å²) in [5.41, 5.74) is 0.421. The Morgan fingerprint density at radius 2 is 1.72 bits per heavy atom. The molecule has 2 bridgehead atoms. The highest BCUT2D eigenvalue weighted by Crippen LogP contribution is 2.37. The van der Waals surface area contributed by atoms with Crippen LogP contribution in [0, 0.1) is 6.92 Å². The average molecular weight is 449 g/mol. The molecule has 1 aromatic heterocycles. The minimum Gasteiger partial charge on any atom is -0.373 e. The molecule has 0 saturated carbocycles. The van der Waals surface area contributed by atoms with Gasteiger partial charge in [0.1, 0.15) is 18.7 Å². The number of alkyl halides is 2. The molecule has 7 nitrogen and oxygen atoms in total. The molecule has 0 radical (unpaired) electrons. The first-order valence-electron chi connectivity index (χ1n) is 11.2. The summed E-state index contributed by atoms with van der Waals surface area (Å²) in [5, 5.41) is 0. The largest absolute Gasteiger partial charge is 0.373 e. The lowest BCUT2D eigenvalue weighted by Gasteiger charge is -2.39. The van der Waals surface area contributed by atoms with Gasteiger partial charge in [-0.15, -0.1) is 0 Å². The summed E-state index contributed by atoms with van der Waals surface area (Å²) in [6.45, 7) is 1.49. The number of fused-ring (bicyclic) bond motifs is 2. The van der Waals surface area contributed by atoms with Gasteiger partial charge in [0, 0.05) is 25.7 Å². The van der Waals surface area contributed by atoms with Crippen LogP contribution in [0.2, 0.25) is 0 Å². The predicted molar refractivity (Wildman–Crippen MR) is 116 cm³/mol. The minimum absolute atomic E-state index is 0.110. The fourth-order valence-corrected chi connectivity index (χ4v) is 4.91. The molecule has 2 unspecified atom stereocenters. The van der Waals surface area contributed by atoms with Crippen LogP contribution in [0.4, 0.5) is 8.78 Å². The molecule has 174 valence electrons. The second-order valence-corrected chi connectivity index (χ2v) is 8.93. The van der Waals surface area contributed by atoms with Crippen LogP contribution in [0.1, 0.15) is 42.6 Å². The topological polar surface area (TPSA) is 69.4 Å². The third-order valence-electron chi connectivity index (χ3n) is 6.79. The Morgan fingerprint density at radius 1 is 1.09 bits per heavy atom. The maximum absolute atomic E-state index is 14.9. The van der Waals surface area contributed by atoms with Crippen molar-refractivity contribution < 1.29 is 13.5 Å². The van der Waals surface area contributed by atoms with Crippen molar-refractivity contribution in [3.8, 4) is 0 Å². The smallest absolute Gasteiger partial charge is 0.353 e. The maximum atomic E-state index is 14.9. The van der Waals surface area contributed by atoms with Crippen molar-refractivity contribution in [2.45, 2.75) is 76.8 Å². The number of hydrogen-bond acceptors (Lipinski definition) is 5. The lowest BCUT2D eigenvalue weighted by atomic mass is 9.99. The van der Waals surface area contributed by atoms with E-state index in [-0.39, 0.29) is 31.3 Å². The molecule has 3 heterocycles. The van der Waals surface area contributed by atoms with Crippen molar-refractivity contribution in [3.63, 3.8) is 0 Å². The van der Waals surface area contributed by atoms with Gasteiger partial charge in [-0.3, -0.25) is 9.47 Å². The van der Waals surface area contributed by atoms with E-state index in [1.807, 2.05) is 12.1 Å². The molecule has 0 aliphatic carbocycles. The molecule has 2 aliphatic heterocycles. The molecular weight excluding hydrogens is 418 g/mol. The standard InChI is InChI=1S/C23H30F2N4O3/c1-15-26-22(30)29(23(31)27(15)2)13-18(25)12-28-19-7-8-20(28)10-21(9-19)32-14-17-5-3-16(11-24)4-6-17/h3-6,18-21H,7-14H2,1-2H3/t18-,19?,20?,21?/m1/s1.